The molecule has 0 aliphatic rings. The van der Waals surface area contributed by atoms with E-state index in [1.54, 1.807) is 23.7 Å². The Bertz CT molecular complexity index is 826. The van der Waals surface area contributed by atoms with Crippen LogP contribution < -0.4 is 5.32 Å². The fraction of sp³-hybridized carbons (Fsp3) is 0.200. The molecule has 0 atom stereocenters. The maximum Gasteiger partial charge on any atom is 0.258 e. The van der Waals surface area contributed by atoms with Crippen molar-refractivity contribution in [3.05, 3.63) is 53.9 Å². The summed E-state index contributed by atoms with van der Waals surface area (Å²) in [5.74, 6) is 1.10. The van der Waals surface area contributed by atoms with E-state index in [4.69, 9.17) is 0 Å². The molecular formula is C15H15N7O. The minimum atomic E-state index is -0.266. The Morgan fingerprint density at radius 3 is 2.70 bits per heavy atom. The van der Waals surface area contributed by atoms with Crippen molar-refractivity contribution in [2.45, 2.75) is 20.3 Å². The first-order valence-electron chi connectivity index (χ1n) is 7.15. The van der Waals surface area contributed by atoms with E-state index < -0.39 is 0 Å². The van der Waals surface area contributed by atoms with Gasteiger partial charge in [0.2, 0.25) is 0 Å². The van der Waals surface area contributed by atoms with E-state index in [1.807, 2.05) is 19.1 Å². The second-order valence-corrected chi connectivity index (χ2v) is 4.88. The van der Waals surface area contributed by atoms with Crippen LogP contribution in [0.2, 0.25) is 0 Å². The summed E-state index contributed by atoms with van der Waals surface area (Å²) in [6, 6.07) is 7.27. The Morgan fingerprint density at radius 2 is 2.04 bits per heavy atom. The topological polar surface area (TPSA) is 98.5 Å². The SMILES string of the molecule is CCc1ncc(C(=O)Nc2cccc(-n3nnnc3C)c2)cn1. The van der Waals surface area contributed by atoms with Crippen molar-refractivity contribution < 1.29 is 4.79 Å². The van der Waals surface area contributed by atoms with Crippen LogP contribution >= 0.6 is 0 Å². The summed E-state index contributed by atoms with van der Waals surface area (Å²) in [4.78, 5) is 20.5. The van der Waals surface area contributed by atoms with Crippen LogP contribution in [0.5, 0.6) is 0 Å². The van der Waals surface area contributed by atoms with Crippen LogP contribution in [0.15, 0.2) is 36.7 Å². The van der Waals surface area contributed by atoms with Gasteiger partial charge in [0.25, 0.3) is 5.91 Å². The van der Waals surface area contributed by atoms with Gasteiger partial charge in [0.15, 0.2) is 5.82 Å². The van der Waals surface area contributed by atoms with E-state index in [0.29, 0.717) is 22.9 Å². The minimum Gasteiger partial charge on any atom is -0.322 e. The molecule has 1 aromatic carbocycles. The molecule has 0 aliphatic carbocycles. The lowest BCUT2D eigenvalue weighted by Crippen LogP contribution is -2.13. The summed E-state index contributed by atoms with van der Waals surface area (Å²) in [6.07, 6.45) is 3.78. The van der Waals surface area contributed by atoms with E-state index in [9.17, 15) is 4.79 Å². The summed E-state index contributed by atoms with van der Waals surface area (Å²) < 4.78 is 1.59. The standard InChI is InChI=1S/C15H15N7O/c1-3-14-16-8-11(9-17-14)15(23)18-12-5-4-6-13(7-12)22-10(2)19-20-21-22/h4-9H,3H2,1-2H3,(H,18,23). The number of nitrogens with zero attached hydrogens (tertiary/aromatic N) is 6. The average molecular weight is 309 g/mol. The van der Waals surface area contributed by atoms with Gasteiger partial charge in [-0.25, -0.2) is 9.97 Å². The summed E-state index contributed by atoms with van der Waals surface area (Å²) in [7, 11) is 0. The van der Waals surface area contributed by atoms with Crippen LogP contribution in [0, 0.1) is 6.92 Å². The van der Waals surface area contributed by atoms with Crippen molar-refractivity contribution in [2.75, 3.05) is 5.32 Å². The van der Waals surface area contributed by atoms with Crippen LogP contribution in [0.25, 0.3) is 5.69 Å². The third kappa shape index (κ3) is 3.20. The van der Waals surface area contributed by atoms with Gasteiger partial charge < -0.3 is 5.32 Å². The number of rotatable bonds is 4. The quantitative estimate of drug-likeness (QED) is 0.785. The minimum absolute atomic E-state index is 0.266. The molecule has 3 rings (SSSR count). The van der Waals surface area contributed by atoms with Gasteiger partial charge in [-0.3, -0.25) is 4.79 Å². The smallest absolute Gasteiger partial charge is 0.258 e. The van der Waals surface area contributed by atoms with Gasteiger partial charge in [0.1, 0.15) is 5.82 Å². The third-order valence-electron chi connectivity index (χ3n) is 3.26. The van der Waals surface area contributed by atoms with Gasteiger partial charge in [-0.15, -0.1) is 5.10 Å². The lowest BCUT2D eigenvalue weighted by Gasteiger charge is -2.07. The van der Waals surface area contributed by atoms with Crippen LogP contribution in [-0.2, 0) is 6.42 Å². The number of hydrogen-bond acceptors (Lipinski definition) is 6. The number of anilines is 1. The highest BCUT2D eigenvalue weighted by Crippen LogP contribution is 2.15. The van der Waals surface area contributed by atoms with Crippen molar-refractivity contribution >= 4 is 11.6 Å². The first-order valence-corrected chi connectivity index (χ1v) is 7.15. The number of hydrogen-bond donors (Lipinski definition) is 1. The zero-order valence-corrected chi connectivity index (χ0v) is 12.8. The second-order valence-electron chi connectivity index (χ2n) is 4.88. The molecule has 0 aliphatic heterocycles. The van der Waals surface area contributed by atoms with Crippen molar-refractivity contribution in [3.63, 3.8) is 0 Å². The molecule has 0 spiro atoms. The molecule has 8 nitrogen and oxygen atoms in total. The Kier molecular flexibility index (Phi) is 4.05. The van der Waals surface area contributed by atoms with Crippen molar-refractivity contribution in [2.24, 2.45) is 0 Å². The molecule has 0 unspecified atom stereocenters. The maximum absolute atomic E-state index is 12.2. The summed E-state index contributed by atoms with van der Waals surface area (Å²) in [6.45, 7) is 3.76. The van der Waals surface area contributed by atoms with E-state index in [0.717, 1.165) is 12.1 Å². The monoisotopic (exact) mass is 309 g/mol. The Labute approximate surface area is 132 Å². The number of carbonyl (C=O) groups is 1. The summed E-state index contributed by atoms with van der Waals surface area (Å²) in [5.41, 5.74) is 1.82. The number of aromatic nitrogens is 6. The molecule has 23 heavy (non-hydrogen) atoms. The third-order valence-corrected chi connectivity index (χ3v) is 3.26. The fourth-order valence-corrected chi connectivity index (χ4v) is 2.04. The number of tetrazole rings is 1. The number of carbonyl (C=O) groups excluding carboxylic acids is 1. The van der Waals surface area contributed by atoms with Gasteiger partial charge >= 0.3 is 0 Å². The molecule has 0 radical (unpaired) electrons. The first kappa shape index (κ1) is 14.8. The predicted octanol–water partition coefficient (Wildman–Crippen LogP) is 1.58. The Balaban J connectivity index is 1.80. The van der Waals surface area contributed by atoms with Crippen LogP contribution in [0.4, 0.5) is 5.69 Å². The van der Waals surface area contributed by atoms with Gasteiger partial charge in [-0.1, -0.05) is 13.0 Å². The number of aryl methyl sites for hydroxylation is 2. The fourth-order valence-electron chi connectivity index (χ4n) is 2.04. The van der Waals surface area contributed by atoms with Crippen molar-refractivity contribution in [1.82, 2.24) is 30.2 Å². The Hall–Kier alpha value is -3.16. The summed E-state index contributed by atoms with van der Waals surface area (Å²) in [5, 5.41) is 14.2. The highest BCUT2D eigenvalue weighted by Gasteiger charge is 2.09. The molecule has 0 fully saturated rings. The molecular weight excluding hydrogens is 294 g/mol. The van der Waals surface area contributed by atoms with Gasteiger partial charge in [-0.05, 0) is 35.5 Å². The zero-order valence-electron chi connectivity index (χ0n) is 12.8. The molecule has 2 aromatic heterocycles. The normalized spacial score (nSPS) is 10.5. The Morgan fingerprint density at radius 1 is 1.26 bits per heavy atom. The summed E-state index contributed by atoms with van der Waals surface area (Å²) >= 11 is 0. The molecule has 8 heteroatoms. The molecule has 0 saturated carbocycles. The molecule has 1 amide bonds. The van der Waals surface area contributed by atoms with Crippen molar-refractivity contribution in [1.29, 1.82) is 0 Å². The van der Waals surface area contributed by atoms with Gasteiger partial charge in [-0.2, -0.15) is 4.68 Å². The van der Waals surface area contributed by atoms with Crippen LogP contribution in [-0.4, -0.2) is 36.1 Å². The molecule has 0 bridgehead atoms. The predicted molar refractivity (Wildman–Crippen MR) is 83.3 cm³/mol. The van der Waals surface area contributed by atoms with E-state index in [-0.39, 0.29) is 5.91 Å². The number of amides is 1. The second kappa shape index (κ2) is 6.30. The zero-order chi connectivity index (χ0) is 16.2. The van der Waals surface area contributed by atoms with Gasteiger partial charge in [0.05, 0.1) is 11.3 Å². The molecule has 1 N–H and O–H groups in total. The highest BCUT2D eigenvalue weighted by atomic mass is 16.1. The van der Waals surface area contributed by atoms with E-state index >= 15 is 0 Å². The molecule has 116 valence electrons. The van der Waals surface area contributed by atoms with E-state index in [2.05, 4.69) is 30.8 Å². The lowest BCUT2D eigenvalue weighted by atomic mass is 10.2. The van der Waals surface area contributed by atoms with E-state index in [1.165, 1.54) is 12.4 Å². The van der Waals surface area contributed by atoms with Crippen LogP contribution in [0.1, 0.15) is 28.9 Å². The molecule has 0 saturated heterocycles. The largest absolute Gasteiger partial charge is 0.322 e. The first-order chi connectivity index (χ1) is 11.2. The maximum atomic E-state index is 12.2. The average Bonchev–Trinajstić information content (AvgIpc) is 3.01. The molecule has 3 aromatic rings. The van der Waals surface area contributed by atoms with Gasteiger partial charge in [0, 0.05) is 24.5 Å². The van der Waals surface area contributed by atoms with Crippen molar-refractivity contribution in [3.8, 4) is 5.69 Å². The lowest BCUT2D eigenvalue weighted by molar-refractivity contribution is 0.102. The number of nitrogens with one attached hydrogen (secondary N) is 1. The van der Waals surface area contributed by atoms with Crippen LogP contribution in [0.3, 0.4) is 0 Å². The highest BCUT2D eigenvalue weighted by molar-refractivity contribution is 6.03. The molecule has 2 heterocycles. The number of benzene rings is 1.